The zero-order valence-electron chi connectivity index (χ0n) is 11.3. The molecule has 0 bridgehead atoms. The van der Waals surface area contributed by atoms with Gasteiger partial charge in [0.2, 0.25) is 0 Å². The molecule has 0 aromatic heterocycles. The van der Waals surface area contributed by atoms with Gasteiger partial charge in [-0.1, -0.05) is 6.07 Å². The fraction of sp³-hybridized carbons (Fsp3) is 0.188. The molecule has 21 heavy (non-hydrogen) atoms. The second kappa shape index (κ2) is 5.87. The molecule has 0 atom stereocenters. The first-order valence-electron chi connectivity index (χ1n) is 6.76. The van der Waals surface area contributed by atoms with Crippen molar-refractivity contribution < 1.29 is 9.90 Å². The number of hydrogen-bond acceptors (Lipinski definition) is 3. The van der Waals surface area contributed by atoms with Crippen LogP contribution in [0, 0.1) is 0 Å². The van der Waals surface area contributed by atoms with Crippen LogP contribution in [-0.2, 0) is 13.0 Å². The van der Waals surface area contributed by atoms with Crippen LogP contribution in [0.3, 0.4) is 0 Å². The highest BCUT2D eigenvalue weighted by atomic mass is 79.9. The van der Waals surface area contributed by atoms with E-state index in [-0.39, 0.29) is 11.7 Å². The van der Waals surface area contributed by atoms with Crippen LogP contribution >= 0.6 is 15.9 Å². The van der Waals surface area contributed by atoms with Crippen molar-refractivity contribution >= 4 is 27.5 Å². The Hall–Kier alpha value is -1.85. The molecule has 2 aromatic carbocycles. The molecule has 4 nitrogen and oxygen atoms in total. The molecule has 108 valence electrons. The number of amides is 1. The molecule has 1 aliphatic rings. The summed E-state index contributed by atoms with van der Waals surface area (Å²) in [7, 11) is 0. The Balaban J connectivity index is 1.79. The molecule has 0 saturated carbocycles. The fourth-order valence-corrected chi connectivity index (χ4v) is 2.66. The van der Waals surface area contributed by atoms with Gasteiger partial charge in [-0.15, -0.1) is 0 Å². The molecule has 3 N–H and O–H groups in total. The largest absolute Gasteiger partial charge is 0.507 e. The Morgan fingerprint density at radius 1 is 1.19 bits per heavy atom. The first-order chi connectivity index (χ1) is 10.1. The standard InChI is InChI=1S/C16H15BrN2O2/c17-14-4-2-11(8-15(14)20)16(21)19-13-3-1-10-5-6-18-9-12(10)7-13/h1-4,7-8,18,20H,5-6,9H2,(H,19,21). The minimum atomic E-state index is -0.235. The molecular weight excluding hydrogens is 332 g/mol. The summed E-state index contributed by atoms with van der Waals surface area (Å²) in [4.78, 5) is 12.2. The van der Waals surface area contributed by atoms with Gasteiger partial charge in [-0.25, -0.2) is 0 Å². The van der Waals surface area contributed by atoms with Crippen LogP contribution in [0.25, 0.3) is 0 Å². The first-order valence-corrected chi connectivity index (χ1v) is 7.55. The number of carbonyl (C=O) groups excluding carboxylic acids is 1. The van der Waals surface area contributed by atoms with Gasteiger partial charge in [0.1, 0.15) is 5.75 Å². The average molecular weight is 347 g/mol. The molecule has 0 aliphatic carbocycles. The summed E-state index contributed by atoms with van der Waals surface area (Å²) in [6, 6.07) is 10.7. The van der Waals surface area contributed by atoms with Gasteiger partial charge < -0.3 is 15.7 Å². The van der Waals surface area contributed by atoms with Crippen molar-refractivity contribution in [3.63, 3.8) is 0 Å². The fourth-order valence-electron chi connectivity index (χ4n) is 2.42. The van der Waals surface area contributed by atoms with Crippen molar-refractivity contribution in [3.8, 4) is 5.75 Å². The lowest BCUT2D eigenvalue weighted by Gasteiger charge is -2.18. The van der Waals surface area contributed by atoms with E-state index < -0.39 is 0 Å². The summed E-state index contributed by atoms with van der Waals surface area (Å²) in [5, 5.41) is 15.8. The monoisotopic (exact) mass is 346 g/mol. The predicted octanol–water partition coefficient (Wildman–Crippen LogP) is 3.05. The summed E-state index contributed by atoms with van der Waals surface area (Å²) in [5.74, 6) is -0.182. The Morgan fingerprint density at radius 3 is 2.86 bits per heavy atom. The van der Waals surface area contributed by atoms with E-state index in [1.165, 1.54) is 17.2 Å². The Kier molecular flexibility index (Phi) is 3.94. The third-order valence-electron chi connectivity index (χ3n) is 3.56. The lowest BCUT2D eigenvalue weighted by molar-refractivity contribution is 0.102. The number of phenolic OH excluding ortho intramolecular Hbond substituents is 1. The average Bonchev–Trinajstić information content (AvgIpc) is 2.50. The smallest absolute Gasteiger partial charge is 0.255 e. The van der Waals surface area contributed by atoms with Crippen LogP contribution in [0.5, 0.6) is 5.75 Å². The highest BCUT2D eigenvalue weighted by molar-refractivity contribution is 9.10. The number of aromatic hydroxyl groups is 1. The molecule has 1 aliphatic heterocycles. The van der Waals surface area contributed by atoms with Gasteiger partial charge in [0.25, 0.3) is 5.91 Å². The number of rotatable bonds is 2. The van der Waals surface area contributed by atoms with Gasteiger partial charge in [0, 0.05) is 17.8 Å². The minimum Gasteiger partial charge on any atom is -0.507 e. The minimum absolute atomic E-state index is 0.0530. The van der Waals surface area contributed by atoms with E-state index in [0.29, 0.717) is 10.0 Å². The molecule has 2 aromatic rings. The summed E-state index contributed by atoms with van der Waals surface area (Å²) >= 11 is 3.20. The number of halogens is 1. The number of benzene rings is 2. The molecule has 5 heteroatoms. The van der Waals surface area contributed by atoms with Crippen molar-refractivity contribution in [2.24, 2.45) is 0 Å². The third-order valence-corrected chi connectivity index (χ3v) is 4.23. The molecule has 0 spiro atoms. The number of carbonyl (C=O) groups is 1. The maximum Gasteiger partial charge on any atom is 0.255 e. The van der Waals surface area contributed by atoms with Crippen LogP contribution in [0.15, 0.2) is 40.9 Å². The number of fused-ring (bicyclic) bond motifs is 1. The van der Waals surface area contributed by atoms with E-state index in [2.05, 4.69) is 32.6 Å². The van der Waals surface area contributed by atoms with Crippen molar-refractivity contribution in [2.45, 2.75) is 13.0 Å². The van der Waals surface area contributed by atoms with Gasteiger partial charge >= 0.3 is 0 Å². The van der Waals surface area contributed by atoms with Crippen molar-refractivity contribution in [1.82, 2.24) is 5.32 Å². The van der Waals surface area contributed by atoms with Crippen molar-refractivity contribution in [2.75, 3.05) is 11.9 Å². The normalized spacial score (nSPS) is 13.6. The number of nitrogens with one attached hydrogen (secondary N) is 2. The summed E-state index contributed by atoms with van der Waals surface area (Å²) in [6.45, 7) is 1.83. The van der Waals surface area contributed by atoms with Gasteiger partial charge in [-0.05, 0) is 70.4 Å². The van der Waals surface area contributed by atoms with Crippen molar-refractivity contribution in [1.29, 1.82) is 0 Å². The quantitative estimate of drug-likeness (QED) is 0.783. The SMILES string of the molecule is O=C(Nc1ccc2c(c1)CNCC2)c1ccc(Br)c(O)c1. The number of phenols is 1. The van der Waals surface area contributed by atoms with Crippen LogP contribution in [-0.4, -0.2) is 17.6 Å². The van der Waals surface area contributed by atoms with Gasteiger partial charge in [-0.3, -0.25) is 4.79 Å². The molecule has 1 amide bonds. The van der Waals surface area contributed by atoms with Crippen molar-refractivity contribution in [3.05, 3.63) is 57.6 Å². The Morgan fingerprint density at radius 2 is 2.05 bits per heavy atom. The highest BCUT2D eigenvalue weighted by Crippen LogP contribution is 2.25. The highest BCUT2D eigenvalue weighted by Gasteiger charge is 2.12. The summed E-state index contributed by atoms with van der Waals surface area (Å²) < 4.78 is 0.568. The molecule has 0 saturated heterocycles. The number of hydrogen-bond donors (Lipinski definition) is 3. The molecule has 0 radical (unpaired) electrons. The molecule has 1 heterocycles. The van der Waals surface area contributed by atoms with E-state index in [1.807, 2.05) is 12.1 Å². The molecule has 0 fully saturated rings. The van der Waals surface area contributed by atoms with Gasteiger partial charge in [-0.2, -0.15) is 0 Å². The Labute approximate surface area is 131 Å². The zero-order chi connectivity index (χ0) is 14.8. The summed E-state index contributed by atoms with van der Waals surface area (Å²) in [6.07, 6.45) is 1.02. The maximum atomic E-state index is 12.2. The van der Waals surface area contributed by atoms with Gasteiger partial charge in [0.15, 0.2) is 0 Å². The van der Waals surface area contributed by atoms with Gasteiger partial charge in [0.05, 0.1) is 4.47 Å². The first kappa shape index (κ1) is 14.1. The van der Waals surface area contributed by atoms with E-state index in [0.717, 1.165) is 25.2 Å². The molecular formula is C16H15BrN2O2. The van der Waals surface area contributed by atoms with Crippen LogP contribution in [0.4, 0.5) is 5.69 Å². The topological polar surface area (TPSA) is 61.4 Å². The van der Waals surface area contributed by atoms with E-state index in [4.69, 9.17) is 0 Å². The second-order valence-electron chi connectivity index (χ2n) is 5.03. The van der Waals surface area contributed by atoms with E-state index >= 15 is 0 Å². The zero-order valence-corrected chi connectivity index (χ0v) is 12.9. The number of anilines is 1. The Bertz CT molecular complexity index is 701. The third kappa shape index (κ3) is 3.09. The van der Waals surface area contributed by atoms with Crippen LogP contribution < -0.4 is 10.6 Å². The van der Waals surface area contributed by atoms with E-state index in [9.17, 15) is 9.90 Å². The molecule has 3 rings (SSSR count). The maximum absolute atomic E-state index is 12.2. The summed E-state index contributed by atoms with van der Waals surface area (Å²) in [5.41, 5.74) is 3.74. The molecule has 0 unspecified atom stereocenters. The van der Waals surface area contributed by atoms with Crippen LogP contribution in [0.2, 0.25) is 0 Å². The van der Waals surface area contributed by atoms with Crippen LogP contribution in [0.1, 0.15) is 21.5 Å². The van der Waals surface area contributed by atoms with E-state index in [1.54, 1.807) is 12.1 Å². The predicted molar refractivity (Wildman–Crippen MR) is 85.6 cm³/mol. The lowest BCUT2D eigenvalue weighted by atomic mass is 10.0. The lowest BCUT2D eigenvalue weighted by Crippen LogP contribution is -2.23. The second-order valence-corrected chi connectivity index (χ2v) is 5.88.